The molecule has 3 heterocycles. The summed E-state index contributed by atoms with van der Waals surface area (Å²) in [5.74, 6) is 7.24. The summed E-state index contributed by atoms with van der Waals surface area (Å²) in [5, 5.41) is 2.21. The van der Waals surface area contributed by atoms with E-state index in [-0.39, 0.29) is 25.5 Å². The van der Waals surface area contributed by atoms with Crippen LogP contribution in [-0.4, -0.2) is 13.3 Å². The molecule has 0 atom stereocenters. The van der Waals surface area contributed by atoms with Crippen molar-refractivity contribution >= 4 is 39.6 Å². The Labute approximate surface area is 327 Å². The van der Waals surface area contributed by atoms with Crippen LogP contribution < -0.4 is 13.5 Å². The topological polar surface area (TPSA) is 20.9 Å². The van der Waals surface area contributed by atoms with Crippen LogP contribution in [0.2, 0.25) is 17.3 Å². The normalized spacial score (nSPS) is 11.6. The van der Waals surface area contributed by atoms with Crippen molar-refractivity contribution in [3.8, 4) is 33.6 Å². The van der Waals surface area contributed by atoms with Crippen LogP contribution in [-0.2, 0) is 26.5 Å². The Morgan fingerprint density at radius 1 is 0.692 bits per heavy atom. The Balaban J connectivity index is 0.000000225. The fourth-order valence-corrected chi connectivity index (χ4v) is 10.7. The van der Waals surface area contributed by atoms with Crippen LogP contribution in [0.4, 0.5) is 0 Å². The van der Waals surface area contributed by atoms with Gasteiger partial charge in [-0.2, -0.15) is 18.6 Å². The summed E-state index contributed by atoms with van der Waals surface area (Å²) in [6.07, 6.45) is 5.24. The monoisotopic (exact) mass is 925 g/mol. The number of pyridine rings is 2. The number of hydrogen-bond acceptors (Lipinski definition) is 1. The summed E-state index contributed by atoms with van der Waals surface area (Å²) in [6, 6.07) is 35.9. The average molecular weight is 924 g/mol. The largest absolute Gasteiger partial charge is 0 e. The summed E-state index contributed by atoms with van der Waals surface area (Å²) in [7, 11) is 8.41. The zero-order chi connectivity index (χ0) is 36.7. The summed E-state index contributed by atoms with van der Waals surface area (Å²) in [4.78, 5) is 0. The number of fused-ring (bicyclic) bond motifs is 3. The first-order chi connectivity index (χ1) is 24.1. The smallest absolute Gasteiger partial charge is 0 e. The molecule has 0 aliphatic carbocycles. The van der Waals surface area contributed by atoms with Crippen molar-refractivity contribution < 1.29 is 33.7 Å². The molecule has 0 fully saturated rings. The van der Waals surface area contributed by atoms with E-state index in [1.807, 2.05) is 33.5 Å². The standard InChI is InChI=1S/C30H28NO.C17H22GeN.Ir/c1-20-11-13-25-24-14-12-23(22-9-7-6-8-10-22)18-27(24)32-29(25)28(20)26-17-21(15-16-31(26)5)19-30(2,3)4;1-13-9-7-8-10-15(13)17-11-14(2)16(12-19(17)6)18(3,4)5;/h6-18H,1,5,19H2,2-4H3;7-12H,1,6H2,2-5H3;/q2*-1;. The number of aryl methyl sites for hydroxylation is 1. The molecule has 0 saturated heterocycles. The second kappa shape index (κ2) is 15.3. The number of furan rings is 1. The van der Waals surface area contributed by atoms with Crippen molar-refractivity contribution in [3.63, 3.8) is 0 Å². The first-order valence-corrected chi connectivity index (χ1v) is 25.0. The van der Waals surface area contributed by atoms with Gasteiger partial charge in [-0.25, -0.2) is 0 Å². The van der Waals surface area contributed by atoms with Crippen LogP contribution in [0, 0.1) is 40.3 Å². The minimum Gasteiger partial charge on any atom is 0 e. The molecule has 0 saturated carbocycles. The zero-order valence-electron chi connectivity index (χ0n) is 31.6. The molecule has 0 bridgehead atoms. The number of nitrogens with zero attached hydrogens (tertiary/aromatic N) is 2. The predicted octanol–water partition coefficient (Wildman–Crippen LogP) is 10.9. The van der Waals surface area contributed by atoms with Crippen molar-refractivity contribution in [3.05, 3.63) is 166 Å². The molecule has 0 N–H and O–H groups in total. The summed E-state index contributed by atoms with van der Waals surface area (Å²) < 4.78 is 11.9. The molecule has 52 heavy (non-hydrogen) atoms. The summed E-state index contributed by atoms with van der Waals surface area (Å²) >= 11 is -1.83. The molecule has 7 aromatic rings. The third-order valence-corrected chi connectivity index (χ3v) is 13.9. The molecule has 1 radical (unpaired) electrons. The van der Waals surface area contributed by atoms with Gasteiger partial charge in [-0.3, -0.25) is 0 Å². The van der Waals surface area contributed by atoms with Gasteiger partial charge in [0.25, 0.3) is 0 Å². The maximum absolute atomic E-state index is 6.50. The first-order valence-electron chi connectivity index (χ1n) is 17.6. The molecule has 0 unspecified atom stereocenters. The third kappa shape index (κ3) is 8.31. The van der Waals surface area contributed by atoms with Crippen molar-refractivity contribution in [2.24, 2.45) is 5.41 Å². The van der Waals surface area contributed by atoms with E-state index in [1.54, 1.807) is 0 Å². The van der Waals surface area contributed by atoms with Gasteiger partial charge < -0.3 is 8.98 Å². The molecular weight excluding hydrogens is 873 g/mol. The van der Waals surface area contributed by atoms with Crippen LogP contribution in [0.25, 0.3) is 55.6 Å². The maximum Gasteiger partial charge on any atom is 0 e. The molecule has 3 aromatic heterocycles. The SMILES string of the molecule is [CH2-]c1ccc2c(oc3cc(-c4ccccc4)ccc32)c1-c1cc(CC(C)(C)C)cc[n+]1[CH2-].[CH2-]c1ccccc1-c1cc(C)[c]([Ge]([CH3])([CH3])[CH3])c[n+]1[CH2-].[Ir]. The fraction of sp³-hybridized carbons (Fsp3) is 0.191. The second-order valence-corrected chi connectivity index (χ2v) is 26.5. The summed E-state index contributed by atoms with van der Waals surface area (Å²) in [6.45, 7) is 17.4. The van der Waals surface area contributed by atoms with Gasteiger partial charge in [0.15, 0.2) is 0 Å². The molecule has 4 aromatic carbocycles. The number of rotatable bonds is 5. The van der Waals surface area contributed by atoms with Crippen LogP contribution in [0.15, 0.2) is 120 Å². The van der Waals surface area contributed by atoms with E-state index in [1.165, 1.54) is 21.1 Å². The average Bonchev–Trinajstić information content (AvgIpc) is 3.44. The molecule has 0 spiro atoms. The maximum atomic E-state index is 6.50. The van der Waals surface area contributed by atoms with Crippen LogP contribution in [0.3, 0.4) is 0 Å². The van der Waals surface area contributed by atoms with Crippen LogP contribution in [0.1, 0.15) is 43.0 Å². The van der Waals surface area contributed by atoms with Gasteiger partial charge in [0.05, 0.1) is 17.5 Å². The Kier molecular flexibility index (Phi) is 11.5. The van der Waals surface area contributed by atoms with E-state index < -0.39 is 13.3 Å². The van der Waals surface area contributed by atoms with E-state index in [2.05, 4.69) is 164 Å². The van der Waals surface area contributed by atoms with E-state index in [0.717, 1.165) is 67.6 Å². The Bertz CT molecular complexity index is 2360. The van der Waals surface area contributed by atoms with Crippen molar-refractivity contribution in [2.75, 3.05) is 0 Å². The minimum atomic E-state index is -1.83. The number of benzene rings is 4. The van der Waals surface area contributed by atoms with Gasteiger partial charge in [0.1, 0.15) is 5.58 Å². The number of hydrogen-bond donors (Lipinski definition) is 0. The quantitative estimate of drug-likeness (QED) is 0.0957. The summed E-state index contributed by atoms with van der Waals surface area (Å²) in [5.41, 5.74) is 13.2. The molecular formula is C47H50GeIrN2O-2. The van der Waals surface area contributed by atoms with E-state index in [0.29, 0.717) is 0 Å². The van der Waals surface area contributed by atoms with Crippen LogP contribution in [0.5, 0.6) is 0 Å². The van der Waals surface area contributed by atoms with E-state index in [4.69, 9.17) is 4.42 Å². The molecule has 3 nitrogen and oxygen atoms in total. The van der Waals surface area contributed by atoms with E-state index >= 15 is 0 Å². The molecule has 0 aliphatic rings. The van der Waals surface area contributed by atoms with Crippen molar-refractivity contribution in [1.82, 2.24) is 0 Å². The van der Waals surface area contributed by atoms with Gasteiger partial charge in [-0.15, -0.1) is 6.07 Å². The zero-order valence-corrected chi connectivity index (χ0v) is 36.1. The van der Waals surface area contributed by atoms with Crippen molar-refractivity contribution in [2.45, 2.75) is 51.4 Å². The van der Waals surface area contributed by atoms with E-state index in [9.17, 15) is 0 Å². The second-order valence-electron chi connectivity index (χ2n) is 15.9. The molecule has 0 aliphatic heterocycles. The molecule has 5 heteroatoms. The molecule has 0 amide bonds. The Hall–Kier alpha value is -4.35. The molecule has 269 valence electrons. The van der Waals surface area contributed by atoms with Gasteiger partial charge in [0, 0.05) is 37.9 Å². The molecule has 7 rings (SSSR count). The first kappa shape index (κ1) is 38.9. The van der Waals surface area contributed by atoms with Gasteiger partial charge in [-0.1, -0.05) is 80.4 Å². The predicted molar refractivity (Wildman–Crippen MR) is 218 cm³/mol. The van der Waals surface area contributed by atoms with Crippen molar-refractivity contribution in [1.29, 1.82) is 0 Å². The van der Waals surface area contributed by atoms with Gasteiger partial charge in [-0.05, 0) is 35.1 Å². The Morgan fingerprint density at radius 3 is 2.04 bits per heavy atom. The minimum absolute atomic E-state index is 0. The number of aromatic nitrogens is 2. The Morgan fingerprint density at radius 2 is 1.37 bits per heavy atom. The third-order valence-electron chi connectivity index (χ3n) is 9.40. The van der Waals surface area contributed by atoms with Gasteiger partial charge >= 0.3 is 119 Å². The fourth-order valence-electron chi connectivity index (χ4n) is 6.96. The van der Waals surface area contributed by atoms with Gasteiger partial charge in [0.2, 0.25) is 0 Å². The van der Waals surface area contributed by atoms with Crippen LogP contribution >= 0.6 is 0 Å².